The molecular formula is C18H15F4N3O2. The second-order valence-corrected chi connectivity index (χ2v) is 6.03. The summed E-state index contributed by atoms with van der Waals surface area (Å²) >= 11 is 0. The van der Waals surface area contributed by atoms with Crippen LogP contribution in [0.4, 0.5) is 17.6 Å². The van der Waals surface area contributed by atoms with E-state index in [4.69, 9.17) is 0 Å². The number of alkyl halides is 3. The van der Waals surface area contributed by atoms with Crippen molar-refractivity contribution in [3.05, 3.63) is 65.2 Å². The molecule has 1 aliphatic heterocycles. The van der Waals surface area contributed by atoms with E-state index in [2.05, 4.69) is 4.98 Å². The Kier molecular flexibility index (Phi) is 5.11. The molecule has 0 spiro atoms. The highest BCUT2D eigenvalue weighted by atomic mass is 19.4. The predicted octanol–water partition coefficient (Wildman–Crippen LogP) is 2.84. The Labute approximate surface area is 152 Å². The lowest BCUT2D eigenvalue weighted by atomic mass is 10.1. The number of pyridine rings is 1. The molecule has 5 nitrogen and oxygen atoms in total. The maximum Gasteiger partial charge on any atom is 0.416 e. The summed E-state index contributed by atoms with van der Waals surface area (Å²) in [6.07, 6.45) is -3.34. The Hall–Kier alpha value is -2.97. The second-order valence-electron chi connectivity index (χ2n) is 6.03. The van der Waals surface area contributed by atoms with Crippen LogP contribution in [0.5, 0.6) is 0 Å². The minimum absolute atomic E-state index is 0.0548. The summed E-state index contributed by atoms with van der Waals surface area (Å²) in [4.78, 5) is 31.1. The lowest BCUT2D eigenvalue weighted by Crippen LogP contribution is -2.50. The van der Waals surface area contributed by atoms with Crippen molar-refractivity contribution in [3.63, 3.8) is 0 Å². The molecule has 2 amide bonds. The zero-order valence-electron chi connectivity index (χ0n) is 14.0. The number of hydrogen-bond acceptors (Lipinski definition) is 3. The first kappa shape index (κ1) is 18.8. The van der Waals surface area contributed by atoms with Crippen molar-refractivity contribution < 1.29 is 27.2 Å². The predicted molar refractivity (Wildman–Crippen MR) is 87.4 cm³/mol. The highest BCUT2D eigenvalue weighted by Gasteiger charge is 2.32. The van der Waals surface area contributed by atoms with Crippen LogP contribution in [0.25, 0.3) is 0 Å². The standard InChI is InChI=1S/C18H15F4N3O2/c19-15-11-13(4-5-23-15)17(27)25-8-6-24(7-9-25)16(26)12-2-1-3-14(10-12)18(20,21)22/h1-5,10-11H,6-9H2. The third-order valence-electron chi connectivity index (χ3n) is 4.26. The molecule has 1 aliphatic rings. The van der Waals surface area contributed by atoms with E-state index >= 15 is 0 Å². The number of piperazine rings is 1. The van der Waals surface area contributed by atoms with Crippen LogP contribution in [0.15, 0.2) is 42.6 Å². The molecule has 0 aliphatic carbocycles. The quantitative estimate of drug-likeness (QED) is 0.594. The van der Waals surface area contributed by atoms with Crippen molar-refractivity contribution in [2.24, 2.45) is 0 Å². The van der Waals surface area contributed by atoms with Gasteiger partial charge in [-0.2, -0.15) is 17.6 Å². The maximum atomic E-state index is 13.2. The van der Waals surface area contributed by atoms with Gasteiger partial charge in [0.25, 0.3) is 11.8 Å². The second kappa shape index (κ2) is 7.34. The molecule has 0 unspecified atom stereocenters. The van der Waals surface area contributed by atoms with Gasteiger partial charge in [0.1, 0.15) is 0 Å². The topological polar surface area (TPSA) is 53.5 Å². The number of benzene rings is 1. The molecule has 0 bridgehead atoms. The summed E-state index contributed by atoms with van der Waals surface area (Å²) < 4.78 is 51.6. The highest BCUT2D eigenvalue weighted by molar-refractivity contribution is 5.96. The number of amides is 2. The fraction of sp³-hybridized carbons (Fsp3) is 0.278. The van der Waals surface area contributed by atoms with Crippen molar-refractivity contribution in [2.45, 2.75) is 6.18 Å². The lowest BCUT2D eigenvalue weighted by molar-refractivity contribution is -0.137. The van der Waals surface area contributed by atoms with Crippen LogP contribution < -0.4 is 0 Å². The van der Waals surface area contributed by atoms with Gasteiger partial charge in [-0.15, -0.1) is 0 Å². The summed E-state index contributed by atoms with van der Waals surface area (Å²) in [5.41, 5.74) is -0.789. The zero-order chi connectivity index (χ0) is 19.6. The van der Waals surface area contributed by atoms with Gasteiger partial charge in [0.2, 0.25) is 5.95 Å². The highest BCUT2D eigenvalue weighted by Crippen LogP contribution is 2.29. The van der Waals surface area contributed by atoms with Gasteiger partial charge in [-0.1, -0.05) is 6.07 Å². The molecule has 3 rings (SSSR count). The Morgan fingerprint density at radius 1 is 0.889 bits per heavy atom. The van der Waals surface area contributed by atoms with Gasteiger partial charge < -0.3 is 9.80 Å². The Bertz CT molecular complexity index is 862. The number of carbonyl (C=O) groups is 2. The summed E-state index contributed by atoms with van der Waals surface area (Å²) in [7, 11) is 0. The van der Waals surface area contributed by atoms with Crippen LogP contribution >= 0.6 is 0 Å². The van der Waals surface area contributed by atoms with Gasteiger partial charge in [-0.25, -0.2) is 4.98 Å². The molecule has 0 N–H and O–H groups in total. The molecule has 142 valence electrons. The molecule has 0 saturated carbocycles. The first-order valence-electron chi connectivity index (χ1n) is 8.13. The molecule has 0 atom stereocenters. The van der Waals surface area contributed by atoms with Crippen LogP contribution in [0, 0.1) is 5.95 Å². The molecule has 0 radical (unpaired) electrons. The largest absolute Gasteiger partial charge is 0.416 e. The number of carbonyl (C=O) groups excluding carboxylic acids is 2. The van der Waals surface area contributed by atoms with Crippen molar-refractivity contribution in [3.8, 4) is 0 Å². The average molecular weight is 381 g/mol. The first-order valence-corrected chi connectivity index (χ1v) is 8.13. The van der Waals surface area contributed by atoms with Crippen molar-refractivity contribution >= 4 is 11.8 Å². The number of rotatable bonds is 2. The maximum absolute atomic E-state index is 13.2. The summed E-state index contributed by atoms with van der Waals surface area (Å²) in [6.45, 7) is 0.754. The molecule has 1 aromatic heterocycles. The molecular weight excluding hydrogens is 366 g/mol. The Balaban J connectivity index is 1.65. The van der Waals surface area contributed by atoms with E-state index in [9.17, 15) is 27.2 Å². The monoisotopic (exact) mass is 381 g/mol. The summed E-state index contributed by atoms with van der Waals surface area (Å²) in [5, 5.41) is 0. The van der Waals surface area contributed by atoms with Crippen molar-refractivity contribution in [2.75, 3.05) is 26.2 Å². The third-order valence-corrected chi connectivity index (χ3v) is 4.26. The van der Waals surface area contributed by atoms with Gasteiger partial charge >= 0.3 is 6.18 Å². The van der Waals surface area contributed by atoms with Gasteiger partial charge in [-0.3, -0.25) is 9.59 Å². The van der Waals surface area contributed by atoms with Gasteiger partial charge in [-0.05, 0) is 24.3 Å². The molecule has 27 heavy (non-hydrogen) atoms. The van der Waals surface area contributed by atoms with Crippen LogP contribution in [-0.2, 0) is 6.18 Å². The minimum Gasteiger partial charge on any atom is -0.335 e. The first-order chi connectivity index (χ1) is 12.8. The van der Waals surface area contributed by atoms with Gasteiger partial charge in [0.15, 0.2) is 0 Å². The summed E-state index contributed by atoms with van der Waals surface area (Å²) in [6, 6.07) is 6.66. The van der Waals surface area contributed by atoms with E-state index in [1.807, 2.05) is 0 Å². The van der Waals surface area contributed by atoms with E-state index in [1.54, 1.807) is 0 Å². The van der Waals surface area contributed by atoms with E-state index < -0.39 is 23.6 Å². The fourth-order valence-corrected chi connectivity index (χ4v) is 2.84. The number of hydrogen-bond donors (Lipinski definition) is 0. The average Bonchev–Trinajstić information content (AvgIpc) is 2.66. The summed E-state index contributed by atoms with van der Waals surface area (Å²) in [5.74, 6) is -1.68. The van der Waals surface area contributed by atoms with Crippen LogP contribution in [0.3, 0.4) is 0 Å². The van der Waals surface area contributed by atoms with E-state index in [0.717, 1.165) is 18.2 Å². The lowest BCUT2D eigenvalue weighted by Gasteiger charge is -2.35. The normalized spacial score (nSPS) is 15.0. The SMILES string of the molecule is O=C(c1cccc(C(F)(F)F)c1)N1CCN(C(=O)c2ccnc(F)c2)CC1. The van der Waals surface area contributed by atoms with Crippen molar-refractivity contribution in [1.82, 2.24) is 14.8 Å². The van der Waals surface area contributed by atoms with Gasteiger partial charge in [0, 0.05) is 49.6 Å². The molecule has 1 aromatic carbocycles. The van der Waals surface area contributed by atoms with Crippen LogP contribution in [0.2, 0.25) is 0 Å². The molecule has 2 heterocycles. The number of aromatic nitrogens is 1. The van der Waals surface area contributed by atoms with Crippen LogP contribution in [-0.4, -0.2) is 52.8 Å². The Morgan fingerprint density at radius 2 is 1.44 bits per heavy atom. The van der Waals surface area contributed by atoms with E-state index in [0.29, 0.717) is 0 Å². The number of halogens is 4. The van der Waals surface area contributed by atoms with Crippen LogP contribution in [0.1, 0.15) is 26.3 Å². The van der Waals surface area contributed by atoms with E-state index in [1.165, 1.54) is 34.2 Å². The molecule has 1 fully saturated rings. The Morgan fingerprint density at radius 3 is 1.96 bits per heavy atom. The number of nitrogens with zero attached hydrogens (tertiary/aromatic N) is 3. The van der Waals surface area contributed by atoms with Crippen molar-refractivity contribution in [1.29, 1.82) is 0 Å². The smallest absolute Gasteiger partial charge is 0.335 e. The van der Waals surface area contributed by atoms with Gasteiger partial charge in [0.05, 0.1) is 5.56 Å². The molecule has 1 saturated heterocycles. The van der Waals surface area contributed by atoms with E-state index in [-0.39, 0.29) is 43.2 Å². The molecule has 2 aromatic rings. The minimum atomic E-state index is -4.53. The third kappa shape index (κ3) is 4.24. The zero-order valence-corrected chi connectivity index (χ0v) is 14.0. The fourth-order valence-electron chi connectivity index (χ4n) is 2.84. The molecule has 9 heteroatoms.